The molecule has 2 heterocycles. The third-order valence-electron chi connectivity index (χ3n) is 6.46. The molecule has 0 aliphatic rings. The van der Waals surface area contributed by atoms with Crippen LogP contribution in [0.25, 0.3) is 16.9 Å². The van der Waals surface area contributed by atoms with E-state index in [1.165, 1.54) is 19.2 Å². The summed E-state index contributed by atoms with van der Waals surface area (Å²) in [6, 6.07) is 11.7. The lowest BCUT2D eigenvalue weighted by molar-refractivity contribution is 0.341. The zero-order chi connectivity index (χ0) is 28.0. The van der Waals surface area contributed by atoms with E-state index in [0.29, 0.717) is 52.7 Å². The molecule has 0 spiro atoms. The van der Waals surface area contributed by atoms with Gasteiger partial charge >= 0.3 is 0 Å². The molecule has 10 nitrogen and oxygen atoms in total. The molecule has 11 heteroatoms. The second-order valence-corrected chi connectivity index (χ2v) is 11.0. The van der Waals surface area contributed by atoms with E-state index in [1.54, 1.807) is 29.6 Å². The molecular weight excluding hydrogens is 518 g/mol. The molecule has 0 aliphatic carbocycles. The van der Waals surface area contributed by atoms with Crippen molar-refractivity contribution in [1.29, 1.82) is 0 Å². The molecule has 208 valence electrons. The maximum Gasteiger partial charge on any atom is 0.277 e. The highest BCUT2D eigenvalue weighted by Crippen LogP contribution is 2.30. The van der Waals surface area contributed by atoms with Gasteiger partial charge in [0.1, 0.15) is 17.3 Å². The average Bonchev–Trinajstić information content (AvgIpc) is 3.25. The van der Waals surface area contributed by atoms with Crippen molar-refractivity contribution in [3.63, 3.8) is 0 Å². The number of imidazole rings is 1. The Bertz CT molecular complexity index is 1610. The van der Waals surface area contributed by atoms with Gasteiger partial charge in [-0.1, -0.05) is 44.4 Å². The van der Waals surface area contributed by atoms with Crippen LogP contribution in [-0.4, -0.2) is 41.7 Å². The van der Waals surface area contributed by atoms with Gasteiger partial charge in [-0.15, -0.1) is 5.10 Å². The SMILES string of the molecule is CCCCCCc1nc(C)c2c(=O)[nH]c(-c3cc(S(=O)(=O)NCc4ccccc4OC)ccc3OCC)nn12. The van der Waals surface area contributed by atoms with Gasteiger partial charge in [0.15, 0.2) is 11.3 Å². The van der Waals surface area contributed by atoms with E-state index in [1.807, 2.05) is 19.1 Å². The number of aromatic amines is 1. The third kappa shape index (κ3) is 6.31. The molecule has 2 aromatic heterocycles. The number of nitrogens with zero attached hydrogens (tertiary/aromatic N) is 3. The summed E-state index contributed by atoms with van der Waals surface area (Å²) in [7, 11) is -2.38. The van der Waals surface area contributed by atoms with Crippen LogP contribution in [0.3, 0.4) is 0 Å². The van der Waals surface area contributed by atoms with E-state index in [0.717, 1.165) is 25.7 Å². The molecule has 0 saturated heterocycles. The van der Waals surface area contributed by atoms with Crippen LogP contribution in [0.2, 0.25) is 0 Å². The summed E-state index contributed by atoms with van der Waals surface area (Å²) in [5.41, 5.74) is 1.69. The van der Waals surface area contributed by atoms with Gasteiger partial charge in [0.2, 0.25) is 10.0 Å². The van der Waals surface area contributed by atoms with Crippen molar-refractivity contribution in [1.82, 2.24) is 24.3 Å². The molecule has 39 heavy (non-hydrogen) atoms. The first-order chi connectivity index (χ1) is 18.8. The van der Waals surface area contributed by atoms with Gasteiger partial charge < -0.3 is 14.5 Å². The number of rotatable bonds is 13. The number of H-pyrrole nitrogens is 1. The van der Waals surface area contributed by atoms with Crippen molar-refractivity contribution in [2.45, 2.75) is 64.3 Å². The summed E-state index contributed by atoms with van der Waals surface area (Å²) in [5.74, 6) is 1.89. The number of unbranched alkanes of at least 4 members (excludes halogenated alkanes) is 3. The molecular formula is C28H35N5O5S. The zero-order valence-corrected chi connectivity index (χ0v) is 23.6. The molecule has 2 aromatic carbocycles. The Kier molecular flexibility index (Phi) is 9.03. The molecule has 0 fully saturated rings. The predicted octanol–water partition coefficient (Wildman–Crippen LogP) is 4.40. The van der Waals surface area contributed by atoms with Crippen LogP contribution in [0, 0.1) is 6.92 Å². The van der Waals surface area contributed by atoms with Crippen molar-refractivity contribution >= 4 is 15.5 Å². The van der Waals surface area contributed by atoms with Crippen LogP contribution in [0.1, 0.15) is 56.6 Å². The number of methoxy groups -OCH3 is 1. The fraction of sp³-hybridized carbons (Fsp3) is 0.393. The Hall–Kier alpha value is -3.70. The summed E-state index contributed by atoms with van der Waals surface area (Å²) < 4.78 is 41.8. The summed E-state index contributed by atoms with van der Waals surface area (Å²) in [4.78, 5) is 20.5. The number of hydrogen-bond acceptors (Lipinski definition) is 7. The first kappa shape index (κ1) is 28.3. The highest BCUT2D eigenvalue weighted by Gasteiger charge is 2.21. The maximum absolute atomic E-state index is 13.3. The lowest BCUT2D eigenvalue weighted by Gasteiger charge is -2.14. The smallest absolute Gasteiger partial charge is 0.277 e. The summed E-state index contributed by atoms with van der Waals surface area (Å²) in [6.45, 7) is 6.17. The first-order valence-electron chi connectivity index (χ1n) is 13.2. The standard InChI is InChI=1S/C28H35N5O5S/c1-5-7-8-9-14-25-30-19(3)26-28(34)31-27(32-33(25)26)22-17-21(15-16-24(22)38-6-2)39(35,36)29-18-20-12-10-11-13-23(20)37-4/h10-13,15-17,29H,5-9,14,18H2,1-4H3,(H,31,32,34). The molecule has 0 radical (unpaired) electrons. The van der Waals surface area contributed by atoms with Gasteiger partial charge in [-0.05, 0) is 44.5 Å². The minimum Gasteiger partial charge on any atom is -0.496 e. The molecule has 0 saturated carbocycles. The predicted molar refractivity (Wildman–Crippen MR) is 150 cm³/mol. The minimum absolute atomic E-state index is 0.0141. The average molecular weight is 554 g/mol. The fourth-order valence-corrected chi connectivity index (χ4v) is 5.51. The number of fused-ring (bicyclic) bond motifs is 1. The number of sulfonamides is 1. The Morgan fingerprint density at radius 1 is 1.05 bits per heavy atom. The van der Waals surface area contributed by atoms with Gasteiger partial charge in [0, 0.05) is 18.5 Å². The lowest BCUT2D eigenvalue weighted by atomic mass is 10.1. The second-order valence-electron chi connectivity index (χ2n) is 9.21. The molecule has 4 rings (SSSR count). The fourth-order valence-electron chi connectivity index (χ4n) is 4.48. The number of aromatic nitrogens is 4. The van der Waals surface area contributed by atoms with Crippen LogP contribution < -0.4 is 19.8 Å². The van der Waals surface area contributed by atoms with E-state index < -0.39 is 10.0 Å². The second kappa shape index (κ2) is 12.4. The zero-order valence-electron chi connectivity index (χ0n) is 22.8. The van der Waals surface area contributed by atoms with Crippen molar-refractivity contribution < 1.29 is 17.9 Å². The van der Waals surface area contributed by atoms with Crippen LogP contribution in [0.5, 0.6) is 11.5 Å². The third-order valence-corrected chi connectivity index (χ3v) is 7.86. The van der Waals surface area contributed by atoms with E-state index in [-0.39, 0.29) is 22.8 Å². The highest BCUT2D eigenvalue weighted by atomic mass is 32.2. The number of aryl methyl sites for hydroxylation is 2. The summed E-state index contributed by atoms with van der Waals surface area (Å²) in [6.07, 6.45) is 4.94. The largest absolute Gasteiger partial charge is 0.496 e. The molecule has 2 N–H and O–H groups in total. The summed E-state index contributed by atoms with van der Waals surface area (Å²) in [5, 5.41) is 4.70. The lowest BCUT2D eigenvalue weighted by Crippen LogP contribution is -2.23. The molecule has 0 bridgehead atoms. The number of ether oxygens (including phenoxy) is 2. The number of benzene rings is 2. The van der Waals surface area contributed by atoms with E-state index >= 15 is 0 Å². The van der Waals surface area contributed by atoms with Crippen molar-refractivity contribution in [2.24, 2.45) is 0 Å². The Balaban J connectivity index is 1.73. The molecule has 4 aromatic rings. The topological polar surface area (TPSA) is 128 Å². The number of para-hydroxylation sites is 1. The Morgan fingerprint density at radius 2 is 1.85 bits per heavy atom. The van der Waals surface area contributed by atoms with Gasteiger partial charge in [-0.2, -0.15) is 0 Å². The van der Waals surface area contributed by atoms with E-state index in [9.17, 15) is 13.2 Å². The van der Waals surface area contributed by atoms with Gasteiger partial charge in [0.05, 0.1) is 29.9 Å². The van der Waals surface area contributed by atoms with Crippen molar-refractivity contribution in [2.75, 3.05) is 13.7 Å². The number of hydrogen-bond donors (Lipinski definition) is 2. The van der Waals surface area contributed by atoms with Crippen LogP contribution in [-0.2, 0) is 23.0 Å². The van der Waals surface area contributed by atoms with Crippen molar-refractivity contribution in [3.05, 3.63) is 69.9 Å². The normalized spacial score (nSPS) is 11.7. The molecule has 0 atom stereocenters. The molecule has 0 aliphatic heterocycles. The maximum atomic E-state index is 13.3. The summed E-state index contributed by atoms with van der Waals surface area (Å²) >= 11 is 0. The van der Waals surface area contributed by atoms with Crippen LogP contribution >= 0.6 is 0 Å². The van der Waals surface area contributed by atoms with Gasteiger partial charge in [0.25, 0.3) is 5.56 Å². The van der Waals surface area contributed by atoms with E-state index in [4.69, 9.17) is 14.6 Å². The van der Waals surface area contributed by atoms with Gasteiger partial charge in [-0.25, -0.2) is 22.6 Å². The monoisotopic (exact) mass is 553 g/mol. The van der Waals surface area contributed by atoms with Crippen molar-refractivity contribution in [3.8, 4) is 22.9 Å². The van der Waals surface area contributed by atoms with E-state index in [2.05, 4.69) is 21.6 Å². The van der Waals surface area contributed by atoms with Gasteiger partial charge in [-0.3, -0.25) is 4.79 Å². The molecule has 0 unspecified atom stereocenters. The first-order valence-corrected chi connectivity index (χ1v) is 14.6. The Labute approximate surface area is 228 Å². The van der Waals surface area contributed by atoms with Crippen LogP contribution in [0.15, 0.2) is 52.2 Å². The quantitative estimate of drug-likeness (QED) is 0.235. The highest BCUT2D eigenvalue weighted by molar-refractivity contribution is 7.89. The Morgan fingerprint density at radius 3 is 2.59 bits per heavy atom. The van der Waals surface area contributed by atoms with Crippen LogP contribution in [0.4, 0.5) is 0 Å². The molecule has 0 amide bonds. The minimum atomic E-state index is -3.92. The number of nitrogens with one attached hydrogen (secondary N) is 2.